The summed E-state index contributed by atoms with van der Waals surface area (Å²) in [6.07, 6.45) is 0. The van der Waals surface area contributed by atoms with Gasteiger partial charge in [0.2, 0.25) is 0 Å². The number of amides is 1. The van der Waals surface area contributed by atoms with E-state index in [-0.39, 0.29) is 11.1 Å². The van der Waals surface area contributed by atoms with Crippen molar-refractivity contribution in [2.75, 3.05) is 5.32 Å². The third kappa shape index (κ3) is 4.04. The van der Waals surface area contributed by atoms with Crippen LogP contribution in [0.4, 0.5) is 5.69 Å². The number of carbonyl (C=O) groups is 1. The quantitative estimate of drug-likeness (QED) is 0.551. The van der Waals surface area contributed by atoms with Crippen molar-refractivity contribution in [3.63, 3.8) is 0 Å². The normalized spacial score (nSPS) is 12.1. The summed E-state index contributed by atoms with van der Waals surface area (Å²) in [5.41, 5.74) is 0.758. The Labute approximate surface area is 161 Å². The molecule has 3 aromatic carbocycles. The van der Waals surface area contributed by atoms with E-state index >= 15 is 0 Å². The fourth-order valence-electron chi connectivity index (χ4n) is 2.85. The van der Waals surface area contributed by atoms with Gasteiger partial charge in [0.15, 0.2) is 0 Å². The van der Waals surface area contributed by atoms with Gasteiger partial charge in [0.25, 0.3) is 26.1 Å². The average molecular weight is 421 g/mol. The van der Waals surface area contributed by atoms with Gasteiger partial charge in [0.1, 0.15) is 0 Å². The van der Waals surface area contributed by atoms with Gasteiger partial charge in [0, 0.05) is 10.9 Å². The van der Waals surface area contributed by atoms with Crippen molar-refractivity contribution in [2.45, 2.75) is 16.7 Å². The van der Waals surface area contributed by atoms with Crippen LogP contribution in [0.1, 0.15) is 15.9 Å². The van der Waals surface area contributed by atoms with Gasteiger partial charge in [-0.25, -0.2) is 0 Å². The molecule has 0 heterocycles. The molecule has 0 aromatic heterocycles. The zero-order valence-corrected chi connectivity index (χ0v) is 16.1. The molecule has 0 aliphatic heterocycles. The lowest BCUT2D eigenvalue weighted by Gasteiger charge is -2.14. The third-order valence-corrected chi connectivity index (χ3v) is 5.74. The van der Waals surface area contributed by atoms with E-state index in [2.05, 4.69) is 5.32 Å². The van der Waals surface area contributed by atoms with Crippen LogP contribution >= 0.6 is 0 Å². The van der Waals surface area contributed by atoms with Crippen LogP contribution in [0, 0.1) is 6.92 Å². The summed E-state index contributed by atoms with van der Waals surface area (Å²) >= 11 is 0. The van der Waals surface area contributed by atoms with Gasteiger partial charge in [0.05, 0.1) is 15.5 Å². The first-order valence-electron chi connectivity index (χ1n) is 7.86. The first kappa shape index (κ1) is 20.0. The minimum atomic E-state index is -4.64. The molecule has 10 heteroatoms. The molecule has 3 aromatic rings. The molecule has 0 saturated carbocycles. The summed E-state index contributed by atoms with van der Waals surface area (Å²) in [5, 5.41) is 3.05. The highest BCUT2D eigenvalue weighted by molar-refractivity contribution is 7.86. The number of rotatable bonds is 4. The smallest absolute Gasteiger partial charge is 0.294 e. The number of benzene rings is 3. The van der Waals surface area contributed by atoms with Gasteiger partial charge in [-0.1, -0.05) is 18.2 Å². The molecule has 0 spiro atoms. The lowest BCUT2D eigenvalue weighted by atomic mass is 10.0. The van der Waals surface area contributed by atoms with E-state index in [1.807, 2.05) is 0 Å². The molecule has 0 atom stereocenters. The maximum absolute atomic E-state index is 12.5. The number of hydrogen-bond donors (Lipinski definition) is 3. The molecule has 3 N–H and O–H groups in total. The molecule has 8 nitrogen and oxygen atoms in total. The van der Waals surface area contributed by atoms with Crippen LogP contribution in [0.25, 0.3) is 10.8 Å². The van der Waals surface area contributed by atoms with Crippen molar-refractivity contribution >= 4 is 42.6 Å². The molecule has 0 radical (unpaired) electrons. The second kappa shape index (κ2) is 6.99. The first-order chi connectivity index (χ1) is 13.0. The number of hydrogen-bond acceptors (Lipinski definition) is 5. The zero-order chi connectivity index (χ0) is 20.7. The highest BCUT2D eigenvalue weighted by atomic mass is 32.2. The van der Waals surface area contributed by atoms with E-state index in [0.717, 1.165) is 18.2 Å². The van der Waals surface area contributed by atoms with Crippen molar-refractivity contribution in [3.05, 3.63) is 65.7 Å². The molecule has 0 fully saturated rings. The monoisotopic (exact) mass is 421 g/mol. The average Bonchev–Trinajstić information content (AvgIpc) is 2.60. The summed E-state index contributed by atoms with van der Waals surface area (Å²) in [6, 6.07) is 12.6. The van der Waals surface area contributed by atoms with E-state index in [1.54, 1.807) is 37.3 Å². The predicted octanol–water partition coefficient (Wildman–Crippen LogP) is 2.89. The molecule has 1 amide bonds. The van der Waals surface area contributed by atoms with Crippen LogP contribution in [0.3, 0.4) is 0 Å². The molecule has 0 saturated heterocycles. The standard InChI is InChI=1S/C18H15NO7S2/c1-11-7-14(27(21,22)23)8-13-9-15(28(24,25)26)10-16(17(11)13)19-18(20)12-5-3-2-4-6-12/h2-10H,1H3,(H,19,20)(H,21,22,23)(H,24,25,26). The SMILES string of the molecule is Cc1cc(S(=O)(=O)O)cc2cc(S(=O)(=O)O)cc(NC(=O)c3ccccc3)c12. The molecular weight excluding hydrogens is 406 g/mol. The van der Waals surface area contributed by atoms with Crippen molar-refractivity contribution in [2.24, 2.45) is 0 Å². The molecular formula is C18H15NO7S2. The Morgan fingerprint density at radius 1 is 0.857 bits per heavy atom. The number of aryl methyl sites for hydroxylation is 1. The van der Waals surface area contributed by atoms with E-state index in [0.29, 0.717) is 16.5 Å². The van der Waals surface area contributed by atoms with E-state index in [1.165, 1.54) is 6.07 Å². The molecule has 0 unspecified atom stereocenters. The van der Waals surface area contributed by atoms with Crippen molar-refractivity contribution in [1.82, 2.24) is 0 Å². The summed E-state index contributed by atoms with van der Waals surface area (Å²) in [4.78, 5) is 11.5. The van der Waals surface area contributed by atoms with Gasteiger partial charge in [-0.05, 0) is 54.3 Å². The van der Waals surface area contributed by atoms with E-state index in [4.69, 9.17) is 0 Å². The molecule has 3 rings (SSSR count). The number of fused-ring (bicyclic) bond motifs is 1. The Hall–Kier alpha value is -2.79. The minimum Gasteiger partial charge on any atom is -0.321 e. The largest absolute Gasteiger partial charge is 0.321 e. The third-order valence-electron chi connectivity index (χ3n) is 4.07. The summed E-state index contributed by atoms with van der Waals surface area (Å²) in [7, 11) is -9.18. The fraction of sp³-hybridized carbons (Fsp3) is 0.0556. The Balaban J connectivity index is 2.27. The summed E-state index contributed by atoms with van der Waals surface area (Å²) in [6.45, 7) is 1.54. The maximum Gasteiger partial charge on any atom is 0.294 e. The molecule has 0 bridgehead atoms. The second-order valence-electron chi connectivity index (χ2n) is 6.08. The molecule has 0 aliphatic carbocycles. The Morgan fingerprint density at radius 3 is 1.93 bits per heavy atom. The van der Waals surface area contributed by atoms with Crippen LogP contribution < -0.4 is 5.32 Å². The van der Waals surface area contributed by atoms with Crippen molar-refractivity contribution in [1.29, 1.82) is 0 Å². The van der Waals surface area contributed by atoms with Crippen molar-refractivity contribution < 1.29 is 30.7 Å². The first-order valence-corrected chi connectivity index (χ1v) is 10.7. The minimum absolute atomic E-state index is 0.0679. The molecule has 0 aliphatic rings. The van der Waals surface area contributed by atoms with Crippen LogP contribution in [-0.4, -0.2) is 31.8 Å². The van der Waals surface area contributed by atoms with E-state index in [9.17, 15) is 30.7 Å². The molecule has 28 heavy (non-hydrogen) atoms. The van der Waals surface area contributed by atoms with Crippen LogP contribution in [0.15, 0.2) is 64.4 Å². The number of anilines is 1. The Kier molecular flexibility index (Phi) is 4.98. The highest BCUT2D eigenvalue weighted by Crippen LogP contribution is 2.33. The van der Waals surface area contributed by atoms with Gasteiger partial charge < -0.3 is 5.32 Å². The van der Waals surface area contributed by atoms with Crippen LogP contribution in [-0.2, 0) is 20.2 Å². The lowest BCUT2D eigenvalue weighted by molar-refractivity contribution is 0.102. The van der Waals surface area contributed by atoms with E-state index < -0.39 is 35.9 Å². The van der Waals surface area contributed by atoms with Crippen molar-refractivity contribution in [3.8, 4) is 0 Å². The summed E-state index contributed by atoms with van der Waals surface area (Å²) < 4.78 is 64.9. The second-order valence-corrected chi connectivity index (χ2v) is 8.92. The number of carbonyl (C=O) groups excluding carboxylic acids is 1. The summed E-state index contributed by atoms with van der Waals surface area (Å²) in [5.74, 6) is -0.521. The fourth-order valence-corrected chi connectivity index (χ4v) is 4.00. The van der Waals surface area contributed by atoms with Gasteiger partial charge in [-0.3, -0.25) is 13.9 Å². The zero-order valence-electron chi connectivity index (χ0n) is 14.4. The predicted molar refractivity (Wildman–Crippen MR) is 103 cm³/mol. The Morgan fingerprint density at radius 2 is 1.39 bits per heavy atom. The maximum atomic E-state index is 12.5. The van der Waals surface area contributed by atoms with Gasteiger partial charge in [-0.15, -0.1) is 0 Å². The number of nitrogens with one attached hydrogen (secondary N) is 1. The lowest BCUT2D eigenvalue weighted by Crippen LogP contribution is -2.13. The van der Waals surface area contributed by atoms with Crippen LogP contribution in [0.5, 0.6) is 0 Å². The van der Waals surface area contributed by atoms with Gasteiger partial charge >= 0.3 is 0 Å². The topological polar surface area (TPSA) is 138 Å². The molecule has 146 valence electrons. The highest BCUT2D eigenvalue weighted by Gasteiger charge is 2.19. The Bertz CT molecular complexity index is 1290. The van der Waals surface area contributed by atoms with Gasteiger partial charge in [-0.2, -0.15) is 16.8 Å². The van der Waals surface area contributed by atoms with Crippen LogP contribution in [0.2, 0.25) is 0 Å².